The molecular weight excluding hydrogens is 238 g/mol. The first-order valence-corrected chi connectivity index (χ1v) is 5.24. The summed E-state index contributed by atoms with van der Waals surface area (Å²) in [4.78, 5) is 11.0. The maximum absolute atomic E-state index is 13.6. The van der Waals surface area contributed by atoms with Crippen molar-refractivity contribution in [3.8, 4) is 16.9 Å². The zero-order valence-corrected chi connectivity index (χ0v) is 9.61. The van der Waals surface area contributed by atoms with E-state index in [9.17, 15) is 13.6 Å². The minimum atomic E-state index is -0.705. The van der Waals surface area contributed by atoms with Crippen LogP contribution in [-0.4, -0.2) is 13.4 Å². The van der Waals surface area contributed by atoms with Crippen LogP contribution in [0.25, 0.3) is 11.1 Å². The lowest BCUT2D eigenvalue weighted by Crippen LogP contribution is -1.93. The molecule has 0 amide bonds. The van der Waals surface area contributed by atoms with Crippen LogP contribution in [0.15, 0.2) is 36.4 Å². The molecule has 18 heavy (non-hydrogen) atoms. The van der Waals surface area contributed by atoms with E-state index in [4.69, 9.17) is 4.74 Å². The normalized spacial score (nSPS) is 10.2. The minimum absolute atomic E-state index is 0.182. The van der Waals surface area contributed by atoms with Gasteiger partial charge in [0.25, 0.3) is 0 Å². The Hall–Kier alpha value is -2.23. The van der Waals surface area contributed by atoms with Gasteiger partial charge in [0.15, 0.2) is 6.29 Å². The second-order valence-electron chi connectivity index (χ2n) is 3.70. The molecule has 0 aliphatic rings. The number of halogens is 2. The second kappa shape index (κ2) is 4.96. The molecule has 0 atom stereocenters. The molecule has 0 aliphatic carbocycles. The average Bonchev–Trinajstić information content (AvgIpc) is 2.38. The molecule has 0 radical (unpaired) electrons. The van der Waals surface area contributed by atoms with E-state index in [1.807, 2.05) is 0 Å². The summed E-state index contributed by atoms with van der Waals surface area (Å²) in [6, 6.07) is 7.93. The summed E-state index contributed by atoms with van der Waals surface area (Å²) in [6.45, 7) is 0. The molecule has 0 N–H and O–H groups in total. The molecule has 2 nitrogen and oxygen atoms in total. The topological polar surface area (TPSA) is 26.3 Å². The lowest BCUT2D eigenvalue weighted by molar-refractivity contribution is 0.112. The molecule has 2 rings (SSSR count). The molecular formula is C14H10F2O2. The highest BCUT2D eigenvalue weighted by Gasteiger charge is 2.11. The first-order valence-electron chi connectivity index (χ1n) is 5.24. The van der Waals surface area contributed by atoms with Gasteiger partial charge in [-0.05, 0) is 35.9 Å². The van der Waals surface area contributed by atoms with Crippen LogP contribution < -0.4 is 4.74 Å². The Morgan fingerprint density at radius 2 is 1.78 bits per heavy atom. The third-order valence-electron chi connectivity index (χ3n) is 2.61. The Bertz CT molecular complexity index is 594. The Morgan fingerprint density at radius 1 is 1.06 bits per heavy atom. The lowest BCUT2D eigenvalue weighted by atomic mass is 9.99. The molecule has 2 aromatic carbocycles. The maximum atomic E-state index is 13.6. The van der Waals surface area contributed by atoms with Crippen LogP contribution in [0.1, 0.15) is 10.4 Å². The van der Waals surface area contributed by atoms with Gasteiger partial charge in [0, 0.05) is 17.2 Å². The van der Waals surface area contributed by atoms with E-state index in [0.717, 1.165) is 12.1 Å². The molecule has 0 bridgehead atoms. The Kier molecular flexibility index (Phi) is 3.37. The van der Waals surface area contributed by atoms with E-state index in [0.29, 0.717) is 23.2 Å². The van der Waals surface area contributed by atoms with Crippen molar-refractivity contribution in [1.82, 2.24) is 0 Å². The Balaban J connectivity index is 2.59. The third-order valence-corrected chi connectivity index (χ3v) is 2.61. The van der Waals surface area contributed by atoms with Gasteiger partial charge in [0.05, 0.1) is 7.11 Å². The number of hydrogen-bond donors (Lipinski definition) is 0. The molecule has 0 saturated carbocycles. The van der Waals surface area contributed by atoms with E-state index in [1.165, 1.54) is 19.2 Å². The predicted molar refractivity (Wildman–Crippen MR) is 63.7 cm³/mol. The predicted octanol–water partition coefficient (Wildman–Crippen LogP) is 3.45. The van der Waals surface area contributed by atoms with Crippen LogP contribution in [-0.2, 0) is 0 Å². The van der Waals surface area contributed by atoms with E-state index in [-0.39, 0.29) is 5.56 Å². The van der Waals surface area contributed by atoms with Gasteiger partial charge in [0.2, 0.25) is 0 Å². The first kappa shape index (κ1) is 12.2. The van der Waals surface area contributed by atoms with Gasteiger partial charge in [-0.15, -0.1) is 0 Å². The highest BCUT2D eigenvalue weighted by atomic mass is 19.1. The third kappa shape index (κ3) is 2.22. The number of methoxy groups -OCH3 is 1. The fourth-order valence-electron chi connectivity index (χ4n) is 1.72. The van der Waals surface area contributed by atoms with Gasteiger partial charge < -0.3 is 4.74 Å². The van der Waals surface area contributed by atoms with Crippen molar-refractivity contribution in [2.45, 2.75) is 0 Å². The van der Waals surface area contributed by atoms with E-state index >= 15 is 0 Å². The van der Waals surface area contributed by atoms with Gasteiger partial charge in [-0.1, -0.05) is 0 Å². The largest absolute Gasteiger partial charge is 0.497 e. The second-order valence-corrected chi connectivity index (χ2v) is 3.70. The van der Waals surface area contributed by atoms with Crippen molar-refractivity contribution in [2.24, 2.45) is 0 Å². The van der Waals surface area contributed by atoms with Gasteiger partial charge in [-0.3, -0.25) is 4.79 Å². The summed E-state index contributed by atoms with van der Waals surface area (Å²) in [7, 11) is 1.47. The van der Waals surface area contributed by atoms with Crippen LogP contribution in [0.4, 0.5) is 8.78 Å². The molecule has 0 spiro atoms. The Labute approximate surface area is 103 Å². The SMILES string of the molecule is COc1ccc(-c2ccc(F)cc2F)c(C=O)c1. The van der Waals surface area contributed by atoms with Gasteiger partial charge in [-0.25, -0.2) is 8.78 Å². The highest BCUT2D eigenvalue weighted by molar-refractivity contribution is 5.88. The van der Waals surface area contributed by atoms with E-state index in [1.54, 1.807) is 12.1 Å². The van der Waals surface area contributed by atoms with Gasteiger partial charge in [-0.2, -0.15) is 0 Å². The summed E-state index contributed by atoms with van der Waals surface area (Å²) in [5, 5.41) is 0. The number of hydrogen-bond acceptors (Lipinski definition) is 2. The van der Waals surface area contributed by atoms with Crippen molar-refractivity contribution in [1.29, 1.82) is 0 Å². The van der Waals surface area contributed by atoms with Crippen molar-refractivity contribution < 1.29 is 18.3 Å². The number of benzene rings is 2. The number of aldehydes is 1. The van der Waals surface area contributed by atoms with E-state index in [2.05, 4.69) is 0 Å². The smallest absolute Gasteiger partial charge is 0.150 e. The van der Waals surface area contributed by atoms with Crippen LogP contribution in [0, 0.1) is 11.6 Å². The maximum Gasteiger partial charge on any atom is 0.150 e. The molecule has 92 valence electrons. The van der Waals surface area contributed by atoms with Crippen molar-refractivity contribution in [3.63, 3.8) is 0 Å². The van der Waals surface area contributed by atoms with Crippen molar-refractivity contribution in [2.75, 3.05) is 7.11 Å². The zero-order chi connectivity index (χ0) is 13.1. The average molecular weight is 248 g/mol. The molecule has 4 heteroatoms. The molecule has 0 unspecified atom stereocenters. The molecule has 0 aromatic heterocycles. The van der Waals surface area contributed by atoms with Crippen molar-refractivity contribution in [3.05, 3.63) is 53.6 Å². The number of ether oxygens (including phenoxy) is 1. The van der Waals surface area contributed by atoms with Gasteiger partial charge in [0.1, 0.15) is 17.4 Å². The lowest BCUT2D eigenvalue weighted by Gasteiger charge is -2.08. The van der Waals surface area contributed by atoms with Crippen LogP contribution in [0.2, 0.25) is 0 Å². The summed E-state index contributed by atoms with van der Waals surface area (Å²) in [6.07, 6.45) is 0.612. The van der Waals surface area contributed by atoms with Crippen LogP contribution >= 0.6 is 0 Å². The summed E-state index contributed by atoms with van der Waals surface area (Å²) >= 11 is 0. The molecule has 0 fully saturated rings. The van der Waals surface area contributed by atoms with Crippen LogP contribution in [0.5, 0.6) is 5.75 Å². The summed E-state index contributed by atoms with van der Waals surface area (Å²) < 4.78 is 31.5. The fourth-order valence-corrected chi connectivity index (χ4v) is 1.72. The molecule has 0 heterocycles. The van der Waals surface area contributed by atoms with Crippen LogP contribution in [0.3, 0.4) is 0 Å². The number of carbonyl (C=O) groups excluding carboxylic acids is 1. The fraction of sp³-hybridized carbons (Fsp3) is 0.0714. The monoisotopic (exact) mass is 248 g/mol. The van der Waals surface area contributed by atoms with Crippen molar-refractivity contribution >= 4 is 6.29 Å². The Morgan fingerprint density at radius 3 is 2.39 bits per heavy atom. The summed E-state index contributed by atoms with van der Waals surface area (Å²) in [5.74, 6) is -0.857. The number of carbonyl (C=O) groups is 1. The van der Waals surface area contributed by atoms with Gasteiger partial charge >= 0.3 is 0 Å². The minimum Gasteiger partial charge on any atom is -0.497 e. The standard InChI is InChI=1S/C14H10F2O2/c1-18-11-3-5-12(9(6-11)8-17)13-4-2-10(15)7-14(13)16/h2-8H,1H3. The molecule has 2 aromatic rings. The zero-order valence-electron chi connectivity index (χ0n) is 9.61. The highest BCUT2D eigenvalue weighted by Crippen LogP contribution is 2.28. The molecule has 0 saturated heterocycles. The number of rotatable bonds is 3. The van der Waals surface area contributed by atoms with E-state index < -0.39 is 11.6 Å². The molecule has 0 aliphatic heterocycles. The summed E-state index contributed by atoms with van der Waals surface area (Å²) in [5.41, 5.74) is 0.879. The first-order chi connectivity index (χ1) is 8.65. The quantitative estimate of drug-likeness (QED) is 0.777.